The fourth-order valence-corrected chi connectivity index (χ4v) is 6.46. The first-order valence-corrected chi connectivity index (χ1v) is 14.9. The highest BCUT2D eigenvalue weighted by Crippen LogP contribution is 2.50. The van der Waals surface area contributed by atoms with Gasteiger partial charge in [-0.2, -0.15) is 0 Å². The van der Waals surface area contributed by atoms with Crippen LogP contribution in [0.4, 0.5) is 0 Å². The molecule has 42 heavy (non-hydrogen) atoms. The van der Waals surface area contributed by atoms with Gasteiger partial charge in [0.15, 0.2) is 11.5 Å². The van der Waals surface area contributed by atoms with E-state index in [1.807, 2.05) is 80.4 Å². The van der Waals surface area contributed by atoms with E-state index in [2.05, 4.69) is 4.57 Å². The lowest BCUT2D eigenvalue weighted by molar-refractivity contribution is -0.155. The van der Waals surface area contributed by atoms with E-state index in [1.165, 1.54) is 0 Å². The molecule has 8 nitrogen and oxygen atoms in total. The molecule has 0 bridgehead atoms. The second kappa shape index (κ2) is 12.4. The van der Waals surface area contributed by atoms with Crippen LogP contribution in [-0.4, -0.2) is 55.3 Å². The molecular formula is C33H39ClN2O6. The van der Waals surface area contributed by atoms with Gasteiger partial charge in [-0.05, 0) is 75.9 Å². The minimum absolute atomic E-state index is 0.00943. The molecule has 1 fully saturated rings. The average Bonchev–Trinajstić information content (AvgIpc) is 3.41. The Bertz CT molecular complexity index is 1440. The third-order valence-electron chi connectivity index (χ3n) is 8.44. The normalized spacial score (nSPS) is 19.0. The van der Waals surface area contributed by atoms with Gasteiger partial charge in [-0.3, -0.25) is 9.59 Å². The topological polar surface area (TPSA) is 79.2 Å². The van der Waals surface area contributed by atoms with E-state index in [0.717, 1.165) is 35.3 Å². The molecular weight excluding hydrogens is 556 g/mol. The standard InChI is InChI=1S/C33H39ClN2O6/c1-6-41-28(37)19-21-14-17-35(18-15-21)32(38)33(2,3)31-26-10-8-16-36(26)25-13-12-22(34)20-24(25)29(42-31)23-9-7-11-27(39-4)30(23)40-5/h7-13,16,20-21,29,31H,6,14-15,17-19H2,1-5H3/t29-,31+/m0/s1. The van der Waals surface area contributed by atoms with Gasteiger partial charge < -0.3 is 28.4 Å². The first kappa shape index (κ1) is 30.0. The van der Waals surface area contributed by atoms with Crippen molar-refractivity contribution in [3.8, 4) is 17.2 Å². The molecule has 0 radical (unpaired) electrons. The average molecular weight is 595 g/mol. The summed E-state index contributed by atoms with van der Waals surface area (Å²) in [5.74, 6) is 1.20. The maximum absolute atomic E-state index is 14.3. The van der Waals surface area contributed by atoms with Crippen molar-refractivity contribution in [2.24, 2.45) is 11.3 Å². The zero-order chi connectivity index (χ0) is 30.0. The van der Waals surface area contributed by atoms with Crippen LogP contribution < -0.4 is 9.47 Å². The largest absolute Gasteiger partial charge is 0.493 e. The lowest BCUT2D eigenvalue weighted by Gasteiger charge is -2.40. The number of para-hydroxylation sites is 1. The first-order chi connectivity index (χ1) is 20.2. The number of nitrogens with zero attached hydrogens (tertiary/aromatic N) is 2. The monoisotopic (exact) mass is 594 g/mol. The second-order valence-electron chi connectivity index (χ2n) is 11.5. The number of piperidine rings is 1. The number of halogens is 1. The minimum Gasteiger partial charge on any atom is -0.493 e. The van der Waals surface area contributed by atoms with Crippen molar-refractivity contribution in [3.05, 3.63) is 76.6 Å². The molecule has 0 aliphatic carbocycles. The number of fused-ring (bicyclic) bond motifs is 3. The summed E-state index contributed by atoms with van der Waals surface area (Å²) < 4.78 is 25.7. The number of ether oxygens (including phenoxy) is 4. The molecule has 1 saturated heterocycles. The van der Waals surface area contributed by atoms with Crippen molar-refractivity contribution in [2.45, 2.75) is 52.2 Å². The molecule has 0 spiro atoms. The van der Waals surface area contributed by atoms with Gasteiger partial charge in [0.2, 0.25) is 5.91 Å². The smallest absolute Gasteiger partial charge is 0.306 e. The van der Waals surface area contributed by atoms with Crippen molar-refractivity contribution in [3.63, 3.8) is 0 Å². The van der Waals surface area contributed by atoms with Gasteiger partial charge in [-0.25, -0.2) is 0 Å². The molecule has 0 saturated carbocycles. The van der Waals surface area contributed by atoms with Crippen LogP contribution in [0.1, 0.15) is 69.1 Å². The predicted molar refractivity (Wildman–Crippen MR) is 160 cm³/mol. The number of carbonyl (C=O) groups excluding carboxylic acids is 2. The SMILES string of the molecule is CCOC(=O)CC1CCN(C(=O)C(C)(C)[C@@H]2O[C@@H](c3cccc(OC)c3OC)c3cc(Cl)ccc3-n3cccc32)CC1. The summed E-state index contributed by atoms with van der Waals surface area (Å²) in [5, 5.41) is 0.581. The van der Waals surface area contributed by atoms with E-state index < -0.39 is 17.6 Å². The van der Waals surface area contributed by atoms with Crippen molar-refractivity contribution < 1.29 is 28.5 Å². The molecule has 0 unspecified atom stereocenters. The summed E-state index contributed by atoms with van der Waals surface area (Å²) in [6.07, 6.45) is 2.70. The van der Waals surface area contributed by atoms with Gasteiger partial charge in [0.1, 0.15) is 12.2 Å². The molecule has 1 aromatic heterocycles. The molecule has 5 rings (SSSR count). The number of esters is 1. The first-order valence-electron chi connectivity index (χ1n) is 14.5. The zero-order valence-electron chi connectivity index (χ0n) is 24.9. The molecule has 2 aliphatic rings. The molecule has 0 N–H and O–H groups in total. The van der Waals surface area contributed by atoms with Gasteiger partial charge in [0.05, 0.1) is 37.6 Å². The van der Waals surface area contributed by atoms with E-state index in [9.17, 15) is 9.59 Å². The van der Waals surface area contributed by atoms with Gasteiger partial charge >= 0.3 is 5.97 Å². The van der Waals surface area contributed by atoms with Gasteiger partial charge in [-0.15, -0.1) is 0 Å². The summed E-state index contributed by atoms with van der Waals surface area (Å²) in [6, 6.07) is 15.4. The molecule has 9 heteroatoms. The Kier molecular flexibility index (Phi) is 8.85. The molecule has 2 atom stereocenters. The molecule has 1 amide bonds. The summed E-state index contributed by atoms with van der Waals surface area (Å²) in [6.45, 7) is 7.27. The van der Waals surface area contributed by atoms with Crippen LogP contribution in [0.3, 0.4) is 0 Å². The number of rotatable bonds is 8. The number of amides is 1. The zero-order valence-corrected chi connectivity index (χ0v) is 25.6. The number of aromatic nitrogens is 1. The Hall–Kier alpha value is -3.49. The number of carbonyl (C=O) groups is 2. The maximum Gasteiger partial charge on any atom is 0.306 e. The Labute approximate surface area is 252 Å². The minimum atomic E-state index is -0.930. The predicted octanol–water partition coefficient (Wildman–Crippen LogP) is 6.53. The highest BCUT2D eigenvalue weighted by Gasteiger charge is 2.46. The molecule has 3 heterocycles. The molecule has 2 aromatic carbocycles. The van der Waals surface area contributed by atoms with Crippen LogP contribution in [-0.2, 0) is 19.1 Å². The lowest BCUT2D eigenvalue weighted by Crippen LogP contribution is -2.48. The number of methoxy groups -OCH3 is 2. The fourth-order valence-electron chi connectivity index (χ4n) is 6.28. The molecule has 224 valence electrons. The van der Waals surface area contributed by atoms with Crippen molar-refractivity contribution >= 4 is 23.5 Å². The van der Waals surface area contributed by atoms with E-state index >= 15 is 0 Å². The number of hydrogen-bond donors (Lipinski definition) is 0. The third-order valence-corrected chi connectivity index (χ3v) is 8.67. The van der Waals surface area contributed by atoms with E-state index in [0.29, 0.717) is 42.6 Å². The highest BCUT2D eigenvalue weighted by molar-refractivity contribution is 6.30. The quantitative estimate of drug-likeness (QED) is 0.276. The summed E-state index contributed by atoms with van der Waals surface area (Å²) >= 11 is 6.54. The number of benzene rings is 2. The van der Waals surface area contributed by atoms with Crippen LogP contribution in [0.2, 0.25) is 5.02 Å². The Morgan fingerprint density at radius 1 is 1.02 bits per heavy atom. The van der Waals surface area contributed by atoms with Crippen molar-refractivity contribution in [2.75, 3.05) is 33.9 Å². The van der Waals surface area contributed by atoms with E-state index in [-0.39, 0.29) is 17.8 Å². The van der Waals surface area contributed by atoms with Gasteiger partial charge in [0.25, 0.3) is 0 Å². The third kappa shape index (κ3) is 5.62. The fraction of sp³-hybridized carbons (Fsp3) is 0.455. The van der Waals surface area contributed by atoms with Gasteiger partial charge in [-0.1, -0.05) is 23.7 Å². The van der Waals surface area contributed by atoms with E-state index in [1.54, 1.807) is 14.2 Å². The highest BCUT2D eigenvalue weighted by atomic mass is 35.5. The lowest BCUT2D eigenvalue weighted by atomic mass is 9.81. The Morgan fingerprint density at radius 2 is 1.79 bits per heavy atom. The van der Waals surface area contributed by atoms with Crippen LogP contribution >= 0.6 is 11.6 Å². The maximum atomic E-state index is 14.3. The Balaban J connectivity index is 1.51. The molecule has 2 aliphatic heterocycles. The van der Waals surface area contributed by atoms with Crippen LogP contribution in [0.5, 0.6) is 11.5 Å². The summed E-state index contributed by atoms with van der Waals surface area (Å²) in [5.41, 5.74) is 2.50. The summed E-state index contributed by atoms with van der Waals surface area (Å²) in [7, 11) is 3.21. The van der Waals surface area contributed by atoms with E-state index in [4.69, 9.17) is 30.5 Å². The van der Waals surface area contributed by atoms with Crippen molar-refractivity contribution in [1.29, 1.82) is 0 Å². The van der Waals surface area contributed by atoms with Crippen LogP contribution in [0.25, 0.3) is 5.69 Å². The van der Waals surface area contributed by atoms with Crippen molar-refractivity contribution in [1.82, 2.24) is 9.47 Å². The Morgan fingerprint density at radius 3 is 2.48 bits per heavy atom. The summed E-state index contributed by atoms with van der Waals surface area (Å²) in [4.78, 5) is 28.2. The number of hydrogen-bond acceptors (Lipinski definition) is 6. The van der Waals surface area contributed by atoms with Gasteiger partial charge in [0, 0.05) is 41.9 Å². The number of likely N-dealkylation sites (tertiary alicyclic amines) is 1. The second-order valence-corrected chi connectivity index (χ2v) is 11.9. The van der Waals surface area contributed by atoms with Crippen LogP contribution in [0.15, 0.2) is 54.7 Å². The van der Waals surface area contributed by atoms with Crippen LogP contribution in [0, 0.1) is 11.3 Å². The molecule has 3 aromatic rings.